The molecule has 0 radical (unpaired) electrons. The highest BCUT2D eigenvalue weighted by atomic mass is 16.2. The summed E-state index contributed by atoms with van der Waals surface area (Å²) in [6.07, 6.45) is 4.72. The molecule has 25 heavy (non-hydrogen) atoms. The summed E-state index contributed by atoms with van der Waals surface area (Å²) in [5, 5.41) is 6.89. The molecule has 0 unspecified atom stereocenters. The van der Waals surface area contributed by atoms with Crippen LogP contribution >= 0.6 is 0 Å². The van der Waals surface area contributed by atoms with Gasteiger partial charge < -0.3 is 20.5 Å². The Morgan fingerprint density at radius 3 is 2.72 bits per heavy atom. The van der Waals surface area contributed by atoms with Gasteiger partial charge in [-0.2, -0.15) is 0 Å². The first-order chi connectivity index (χ1) is 12.1. The van der Waals surface area contributed by atoms with Crippen LogP contribution in [0.5, 0.6) is 0 Å². The van der Waals surface area contributed by atoms with Crippen LogP contribution in [0.25, 0.3) is 10.9 Å². The van der Waals surface area contributed by atoms with E-state index in [1.807, 2.05) is 44.3 Å². The molecule has 1 aromatic heterocycles. The molecule has 1 aliphatic heterocycles. The molecule has 0 bridgehead atoms. The number of urea groups is 1. The summed E-state index contributed by atoms with van der Waals surface area (Å²) >= 11 is 0. The standard InChI is InChI=1S/C19H26N4O2/c1-3-13(2)17(22-19(25)23-11-4-5-12-23)18(24)21-16-8-6-7-15-14(16)9-10-20-15/h6-10,13,17,20H,3-5,11-12H2,1-2H3,(H,21,24)(H,22,25)/t13-,17+/m1/s1. The Morgan fingerprint density at radius 1 is 1.24 bits per heavy atom. The molecule has 6 heteroatoms. The number of nitrogens with one attached hydrogen (secondary N) is 3. The van der Waals surface area contributed by atoms with E-state index in [2.05, 4.69) is 15.6 Å². The molecule has 1 saturated heterocycles. The molecule has 0 spiro atoms. The van der Waals surface area contributed by atoms with Gasteiger partial charge in [-0.05, 0) is 37.0 Å². The normalized spacial score (nSPS) is 16.6. The van der Waals surface area contributed by atoms with E-state index in [0.717, 1.165) is 48.9 Å². The number of carbonyl (C=O) groups is 2. The minimum Gasteiger partial charge on any atom is -0.361 e. The van der Waals surface area contributed by atoms with Crippen molar-refractivity contribution in [3.63, 3.8) is 0 Å². The van der Waals surface area contributed by atoms with E-state index in [9.17, 15) is 9.59 Å². The number of nitrogens with zero attached hydrogens (tertiary/aromatic N) is 1. The third kappa shape index (κ3) is 3.78. The SMILES string of the molecule is CC[C@@H](C)[C@H](NC(=O)N1CCCC1)C(=O)Nc1cccc2[nH]ccc12. The lowest BCUT2D eigenvalue weighted by Crippen LogP contribution is -2.51. The second kappa shape index (κ2) is 7.59. The van der Waals surface area contributed by atoms with Gasteiger partial charge in [0, 0.05) is 30.2 Å². The molecule has 3 amide bonds. The number of anilines is 1. The van der Waals surface area contributed by atoms with Gasteiger partial charge in [-0.25, -0.2) is 4.79 Å². The van der Waals surface area contributed by atoms with Crippen LogP contribution in [0.2, 0.25) is 0 Å². The fraction of sp³-hybridized carbons (Fsp3) is 0.474. The topological polar surface area (TPSA) is 77.2 Å². The first kappa shape index (κ1) is 17.3. The van der Waals surface area contributed by atoms with Crippen molar-refractivity contribution in [1.82, 2.24) is 15.2 Å². The molecular formula is C19H26N4O2. The summed E-state index contributed by atoms with van der Waals surface area (Å²) in [6, 6.07) is 6.99. The fourth-order valence-corrected chi connectivity index (χ4v) is 3.25. The molecule has 2 atom stereocenters. The molecule has 2 heterocycles. The monoisotopic (exact) mass is 342 g/mol. The zero-order valence-corrected chi connectivity index (χ0v) is 14.8. The Morgan fingerprint density at radius 2 is 2.00 bits per heavy atom. The number of carbonyl (C=O) groups excluding carboxylic acids is 2. The molecule has 1 fully saturated rings. The number of rotatable bonds is 5. The van der Waals surface area contributed by atoms with Gasteiger partial charge >= 0.3 is 6.03 Å². The molecule has 2 aromatic rings. The number of fused-ring (bicyclic) bond motifs is 1. The minimum absolute atomic E-state index is 0.0528. The average molecular weight is 342 g/mol. The van der Waals surface area contributed by atoms with Crippen molar-refractivity contribution in [2.45, 2.75) is 39.2 Å². The van der Waals surface area contributed by atoms with Gasteiger partial charge in [0.15, 0.2) is 0 Å². The van der Waals surface area contributed by atoms with E-state index in [1.54, 1.807) is 4.90 Å². The van der Waals surface area contributed by atoms with Crippen molar-refractivity contribution >= 4 is 28.5 Å². The number of hydrogen-bond donors (Lipinski definition) is 3. The van der Waals surface area contributed by atoms with Crippen molar-refractivity contribution in [3.8, 4) is 0 Å². The highest BCUT2D eigenvalue weighted by Gasteiger charge is 2.29. The highest BCUT2D eigenvalue weighted by Crippen LogP contribution is 2.23. The van der Waals surface area contributed by atoms with E-state index < -0.39 is 6.04 Å². The summed E-state index contributed by atoms with van der Waals surface area (Å²) in [5.74, 6) is -0.118. The Bertz CT molecular complexity index is 749. The molecule has 3 N–H and O–H groups in total. The summed E-state index contributed by atoms with van der Waals surface area (Å²) in [7, 11) is 0. The van der Waals surface area contributed by atoms with E-state index in [0.29, 0.717) is 0 Å². The van der Waals surface area contributed by atoms with Gasteiger partial charge in [-0.1, -0.05) is 26.3 Å². The van der Waals surface area contributed by atoms with E-state index in [1.165, 1.54) is 0 Å². The maximum Gasteiger partial charge on any atom is 0.318 e. The van der Waals surface area contributed by atoms with Crippen molar-refractivity contribution in [2.75, 3.05) is 18.4 Å². The molecule has 1 aromatic carbocycles. The lowest BCUT2D eigenvalue weighted by Gasteiger charge is -2.26. The van der Waals surface area contributed by atoms with Crippen LogP contribution in [0.1, 0.15) is 33.1 Å². The number of hydrogen-bond acceptors (Lipinski definition) is 2. The predicted octanol–water partition coefficient (Wildman–Crippen LogP) is 3.33. The van der Waals surface area contributed by atoms with Crippen LogP contribution in [-0.2, 0) is 4.79 Å². The third-order valence-electron chi connectivity index (χ3n) is 5.02. The first-order valence-electron chi connectivity index (χ1n) is 9.02. The van der Waals surface area contributed by atoms with E-state index in [4.69, 9.17) is 0 Å². The van der Waals surface area contributed by atoms with Gasteiger partial charge in [-0.15, -0.1) is 0 Å². The van der Waals surface area contributed by atoms with Crippen LogP contribution in [-0.4, -0.2) is 41.0 Å². The van der Waals surface area contributed by atoms with Crippen molar-refractivity contribution in [1.29, 1.82) is 0 Å². The van der Waals surface area contributed by atoms with E-state index >= 15 is 0 Å². The number of likely N-dealkylation sites (tertiary alicyclic amines) is 1. The lowest BCUT2D eigenvalue weighted by molar-refractivity contribution is -0.119. The Hall–Kier alpha value is -2.50. The van der Waals surface area contributed by atoms with Gasteiger partial charge in [0.25, 0.3) is 0 Å². The van der Waals surface area contributed by atoms with Crippen LogP contribution in [0.15, 0.2) is 30.5 Å². The van der Waals surface area contributed by atoms with Crippen LogP contribution in [0, 0.1) is 5.92 Å². The summed E-state index contributed by atoms with van der Waals surface area (Å²) in [6.45, 7) is 5.55. The number of benzene rings is 1. The first-order valence-corrected chi connectivity index (χ1v) is 9.02. The van der Waals surface area contributed by atoms with Gasteiger partial charge in [0.2, 0.25) is 5.91 Å². The molecule has 0 saturated carbocycles. The van der Waals surface area contributed by atoms with Crippen molar-refractivity contribution in [3.05, 3.63) is 30.5 Å². The summed E-state index contributed by atoms with van der Waals surface area (Å²) in [4.78, 5) is 30.2. The molecule has 3 rings (SSSR count). The number of H-pyrrole nitrogens is 1. The Balaban J connectivity index is 1.74. The maximum absolute atomic E-state index is 12.9. The number of aromatic amines is 1. The quantitative estimate of drug-likeness (QED) is 0.779. The Labute approximate surface area is 148 Å². The second-order valence-corrected chi connectivity index (χ2v) is 6.74. The minimum atomic E-state index is -0.549. The Kier molecular flexibility index (Phi) is 5.26. The largest absolute Gasteiger partial charge is 0.361 e. The van der Waals surface area contributed by atoms with Gasteiger partial charge in [-0.3, -0.25) is 4.79 Å². The molecule has 0 aliphatic carbocycles. The lowest BCUT2D eigenvalue weighted by atomic mass is 9.98. The number of aromatic nitrogens is 1. The van der Waals surface area contributed by atoms with Crippen LogP contribution < -0.4 is 10.6 Å². The maximum atomic E-state index is 12.9. The summed E-state index contributed by atoms with van der Waals surface area (Å²) in [5.41, 5.74) is 1.73. The average Bonchev–Trinajstić information content (AvgIpc) is 3.30. The van der Waals surface area contributed by atoms with Gasteiger partial charge in [0.1, 0.15) is 6.04 Å². The zero-order valence-electron chi connectivity index (χ0n) is 14.8. The smallest absolute Gasteiger partial charge is 0.318 e. The molecule has 1 aliphatic rings. The van der Waals surface area contributed by atoms with Crippen molar-refractivity contribution in [2.24, 2.45) is 5.92 Å². The van der Waals surface area contributed by atoms with Crippen LogP contribution in [0.3, 0.4) is 0 Å². The fourth-order valence-electron chi connectivity index (χ4n) is 3.25. The number of amides is 3. The summed E-state index contributed by atoms with van der Waals surface area (Å²) < 4.78 is 0. The zero-order chi connectivity index (χ0) is 17.8. The third-order valence-corrected chi connectivity index (χ3v) is 5.02. The second-order valence-electron chi connectivity index (χ2n) is 6.74. The predicted molar refractivity (Wildman–Crippen MR) is 99.5 cm³/mol. The highest BCUT2D eigenvalue weighted by molar-refractivity contribution is 6.04. The van der Waals surface area contributed by atoms with E-state index in [-0.39, 0.29) is 17.9 Å². The molecule has 6 nitrogen and oxygen atoms in total. The van der Waals surface area contributed by atoms with Crippen molar-refractivity contribution < 1.29 is 9.59 Å². The molecular weight excluding hydrogens is 316 g/mol. The molecule has 134 valence electrons. The van der Waals surface area contributed by atoms with Gasteiger partial charge in [0.05, 0.1) is 5.69 Å². The van der Waals surface area contributed by atoms with Crippen LogP contribution in [0.4, 0.5) is 10.5 Å².